The fourth-order valence-electron chi connectivity index (χ4n) is 4.47. The number of hydrogen-bond acceptors (Lipinski definition) is 8. The second-order valence-corrected chi connectivity index (χ2v) is 9.60. The van der Waals surface area contributed by atoms with Crippen LogP contribution >= 0.6 is 11.3 Å². The molecule has 36 heavy (non-hydrogen) atoms. The van der Waals surface area contributed by atoms with Crippen LogP contribution in [0.3, 0.4) is 0 Å². The Morgan fingerprint density at radius 1 is 0.972 bits per heavy atom. The Morgan fingerprint density at radius 3 is 2.56 bits per heavy atom. The molecule has 1 unspecified atom stereocenters. The number of anilines is 4. The number of nitrogens with one attached hydrogen (secondary N) is 3. The van der Waals surface area contributed by atoms with Crippen LogP contribution < -0.4 is 21.0 Å². The summed E-state index contributed by atoms with van der Waals surface area (Å²) in [6.07, 6.45) is 2.77. The Hall–Kier alpha value is -4.02. The highest BCUT2D eigenvalue weighted by Crippen LogP contribution is 2.38. The summed E-state index contributed by atoms with van der Waals surface area (Å²) in [5.74, 6) is 1.29. The van der Waals surface area contributed by atoms with Crippen molar-refractivity contribution in [1.82, 2.24) is 20.2 Å². The number of nitrogens with zero attached hydrogens (tertiary/aromatic N) is 5. The molecule has 1 saturated heterocycles. The predicted octanol–water partition coefficient (Wildman–Crippen LogP) is 4.81. The number of thiophene rings is 1. The first-order valence-corrected chi connectivity index (χ1v) is 12.9. The maximum atomic E-state index is 12.5. The maximum Gasteiger partial charge on any atom is 0.321 e. The van der Waals surface area contributed by atoms with Crippen molar-refractivity contribution in [2.45, 2.75) is 12.5 Å². The summed E-state index contributed by atoms with van der Waals surface area (Å²) in [6, 6.07) is 20.0. The van der Waals surface area contributed by atoms with E-state index in [9.17, 15) is 4.79 Å². The lowest BCUT2D eigenvalue weighted by Crippen LogP contribution is -2.48. The maximum absolute atomic E-state index is 12.5. The molecule has 10 heteroatoms. The van der Waals surface area contributed by atoms with E-state index in [2.05, 4.69) is 45.3 Å². The minimum absolute atomic E-state index is 0.0766. The van der Waals surface area contributed by atoms with E-state index < -0.39 is 0 Å². The fraction of sp³-hybridized carbons (Fsp3) is 0.231. The van der Waals surface area contributed by atoms with Gasteiger partial charge in [0.15, 0.2) is 5.82 Å². The van der Waals surface area contributed by atoms with E-state index in [4.69, 9.17) is 9.97 Å². The van der Waals surface area contributed by atoms with Crippen molar-refractivity contribution >= 4 is 56.9 Å². The molecule has 4 aromatic rings. The van der Waals surface area contributed by atoms with E-state index in [1.54, 1.807) is 11.3 Å². The highest BCUT2D eigenvalue weighted by Gasteiger charge is 2.27. The fourth-order valence-corrected chi connectivity index (χ4v) is 5.28. The smallest absolute Gasteiger partial charge is 0.321 e. The average Bonchev–Trinajstić information content (AvgIpc) is 3.60. The summed E-state index contributed by atoms with van der Waals surface area (Å²) in [7, 11) is 0. The highest BCUT2D eigenvalue weighted by molar-refractivity contribution is 7.17. The zero-order valence-corrected chi connectivity index (χ0v) is 20.4. The van der Waals surface area contributed by atoms with Crippen LogP contribution in [-0.2, 0) is 0 Å². The van der Waals surface area contributed by atoms with Gasteiger partial charge in [-0.15, -0.1) is 11.3 Å². The molecule has 182 valence electrons. The van der Waals surface area contributed by atoms with E-state index in [1.165, 1.54) is 5.56 Å². The molecule has 0 radical (unpaired) electrons. The van der Waals surface area contributed by atoms with Gasteiger partial charge in [-0.1, -0.05) is 30.3 Å². The summed E-state index contributed by atoms with van der Waals surface area (Å²) in [4.78, 5) is 23.9. The molecule has 9 nitrogen and oxygen atoms in total. The number of carbonyl (C=O) groups is 1. The van der Waals surface area contributed by atoms with Crippen molar-refractivity contribution in [2.75, 3.05) is 41.8 Å². The van der Waals surface area contributed by atoms with Gasteiger partial charge in [-0.05, 0) is 41.3 Å². The topological polar surface area (TPSA) is 97.8 Å². The minimum atomic E-state index is -0.0766. The molecule has 2 aromatic heterocycles. The molecule has 0 bridgehead atoms. The van der Waals surface area contributed by atoms with Crippen LogP contribution in [-0.4, -0.2) is 53.3 Å². The number of rotatable bonds is 5. The summed E-state index contributed by atoms with van der Waals surface area (Å²) in [5.41, 5.74) is 3.66. The van der Waals surface area contributed by atoms with Gasteiger partial charge in [0.1, 0.15) is 0 Å². The molecular formula is C26H26N8OS. The molecular weight excluding hydrogens is 472 g/mol. The van der Waals surface area contributed by atoms with Crippen LogP contribution in [0.2, 0.25) is 0 Å². The number of piperazine rings is 1. The lowest BCUT2D eigenvalue weighted by atomic mass is 10.0. The Kier molecular flexibility index (Phi) is 6.18. The number of fused-ring (bicyclic) bond motifs is 1. The molecule has 2 aliphatic rings. The average molecular weight is 499 g/mol. The first-order valence-electron chi connectivity index (χ1n) is 12.0. The number of amides is 2. The summed E-state index contributed by atoms with van der Waals surface area (Å²) >= 11 is 1.62. The summed E-state index contributed by atoms with van der Waals surface area (Å²) < 4.78 is 1.01. The molecule has 2 amide bonds. The van der Waals surface area contributed by atoms with Crippen LogP contribution in [0.4, 0.5) is 27.9 Å². The third-order valence-electron chi connectivity index (χ3n) is 6.31. The highest BCUT2D eigenvalue weighted by atomic mass is 32.1. The van der Waals surface area contributed by atoms with Gasteiger partial charge in [-0.3, -0.25) is 0 Å². The second kappa shape index (κ2) is 9.92. The lowest BCUT2D eigenvalue weighted by molar-refractivity contribution is 0.204. The quantitative estimate of drug-likeness (QED) is 0.365. The molecule has 1 atom stereocenters. The number of aromatic nitrogens is 2. The second-order valence-electron chi connectivity index (χ2n) is 8.68. The largest absolute Gasteiger partial charge is 0.324 e. The van der Waals surface area contributed by atoms with Crippen LogP contribution in [0.1, 0.15) is 18.0 Å². The number of benzene rings is 2. The van der Waals surface area contributed by atoms with Gasteiger partial charge >= 0.3 is 6.03 Å². The SMILES string of the molecule is O=C(Nc1ccc(Nc2nc(N3N=CCC3c3ccccc3)c3sccc3n2)cc1)N1CCNCC1. The molecule has 0 spiro atoms. The van der Waals surface area contributed by atoms with Crippen LogP contribution in [0.5, 0.6) is 0 Å². The summed E-state index contributed by atoms with van der Waals surface area (Å²) in [5, 5.41) is 18.2. The lowest BCUT2D eigenvalue weighted by Gasteiger charge is -2.27. The van der Waals surface area contributed by atoms with Gasteiger partial charge in [0.25, 0.3) is 0 Å². The molecule has 0 aliphatic carbocycles. The van der Waals surface area contributed by atoms with Gasteiger partial charge in [0.2, 0.25) is 5.95 Å². The van der Waals surface area contributed by atoms with Crippen molar-refractivity contribution in [3.8, 4) is 0 Å². The third kappa shape index (κ3) is 4.60. The Labute approximate surface area is 212 Å². The first kappa shape index (κ1) is 22.4. The molecule has 0 saturated carbocycles. The zero-order valence-electron chi connectivity index (χ0n) is 19.6. The molecule has 2 aromatic carbocycles. The number of hydrazone groups is 1. The van der Waals surface area contributed by atoms with Crippen LogP contribution in [0.25, 0.3) is 10.2 Å². The van der Waals surface area contributed by atoms with Gasteiger partial charge in [-0.25, -0.2) is 14.8 Å². The third-order valence-corrected chi connectivity index (χ3v) is 7.21. The number of hydrogen-bond donors (Lipinski definition) is 3. The first-order chi connectivity index (χ1) is 17.7. The van der Waals surface area contributed by atoms with Crippen LogP contribution in [0, 0.1) is 0 Å². The monoisotopic (exact) mass is 498 g/mol. The normalized spacial score (nSPS) is 17.5. The minimum Gasteiger partial charge on any atom is -0.324 e. The van der Waals surface area contributed by atoms with Gasteiger partial charge in [0, 0.05) is 50.2 Å². The van der Waals surface area contributed by atoms with Crippen molar-refractivity contribution < 1.29 is 4.79 Å². The van der Waals surface area contributed by atoms with Crippen molar-refractivity contribution in [3.05, 3.63) is 71.6 Å². The number of urea groups is 1. The van der Waals surface area contributed by atoms with E-state index in [1.807, 2.05) is 57.9 Å². The van der Waals surface area contributed by atoms with Crippen molar-refractivity contribution in [2.24, 2.45) is 5.10 Å². The van der Waals surface area contributed by atoms with Crippen molar-refractivity contribution in [1.29, 1.82) is 0 Å². The number of carbonyl (C=O) groups excluding carboxylic acids is 1. The van der Waals surface area contributed by atoms with E-state index in [-0.39, 0.29) is 12.1 Å². The van der Waals surface area contributed by atoms with Gasteiger partial charge in [-0.2, -0.15) is 10.1 Å². The molecule has 3 N–H and O–H groups in total. The van der Waals surface area contributed by atoms with Gasteiger partial charge < -0.3 is 20.9 Å². The molecule has 1 fully saturated rings. The Morgan fingerprint density at radius 2 is 1.75 bits per heavy atom. The zero-order chi connectivity index (χ0) is 24.3. The molecule has 6 rings (SSSR count). The van der Waals surface area contributed by atoms with Crippen molar-refractivity contribution in [3.63, 3.8) is 0 Å². The standard InChI is InChI=1S/C26H26N8OS/c35-26(33-15-13-27-14-16-33)30-20-8-6-19(7-9-20)29-25-31-21-11-17-36-23(21)24(32-25)34-22(10-12-28-34)18-4-2-1-3-5-18/h1-9,11-12,17,22,27H,10,13-16H2,(H,30,35)(H,29,31,32). The van der Waals surface area contributed by atoms with E-state index in [0.717, 1.165) is 46.9 Å². The Bertz CT molecular complexity index is 1380. The van der Waals surface area contributed by atoms with E-state index >= 15 is 0 Å². The Balaban J connectivity index is 1.22. The predicted molar refractivity (Wildman–Crippen MR) is 145 cm³/mol. The van der Waals surface area contributed by atoms with Crippen LogP contribution in [0.15, 0.2) is 71.1 Å². The molecule has 4 heterocycles. The van der Waals surface area contributed by atoms with E-state index in [0.29, 0.717) is 19.0 Å². The molecule has 2 aliphatic heterocycles. The summed E-state index contributed by atoms with van der Waals surface area (Å²) in [6.45, 7) is 3.06. The van der Waals surface area contributed by atoms with Gasteiger partial charge in [0.05, 0.1) is 16.3 Å².